The molecule has 0 aliphatic rings. The fourth-order valence-electron chi connectivity index (χ4n) is 2.52. The van der Waals surface area contributed by atoms with Crippen molar-refractivity contribution in [3.8, 4) is 0 Å². The summed E-state index contributed by atoms with van der Waals surface area (Å²) in [6.45, 7) is 1.77. The molecule has 0 fully saturated rings. The van der Waals surface area contributed by atoms with Gasteiger partial charge < -0.3 is 21.5 Å². The molecule has 0 aliphatic carbocycles. The number of hydrogen-bond donors (Lipinski definition) is 4. The maximum absolute atomic E-state index is 12.3. The number of carbonyl (C=O) groups is 2. The van der Waals surface area contributed by atoms with E-state index in [1.54, 1.807) is 0 Å². The summed E-state index contributed by atoms with van der Waals surface area (Å²) in [5.74, 6) is -0.932. The van der Waals surface area contributed by atoms with E-state index in [4.69, 9.17) is 5.73 Å². The zero-order valence-electron chi connectivity index (χ0n) is 14.8. The number of hydrogen-bond acceptors (Lipinski definition) is 4. The van der Waals surface area contributed by atoms with Crippen molar-refractivity contribution >= 4 is 11.8 Å². The highest BCUT2D eigenvalue weighted by atomic mass is 16.3. The van der Waals surface area contributed by atoms with Gasteiger partial charge in [-0.05, 0) is 24.5 Å². The maximum Gasteiger partial charge on any atom is 0.245 e. The molecule has 0 saturated heterocycles. The molecule has 0 bridgehead atoms. The highest BCUT2D eigenvalue weighted by Crippen LogP contribution is 2.04. The zero-order valence-corrected chi connectivity index (χ0v) is 14.8. The van der Waals surface area contributed by atoms with Crippen molar-refractivity contribution in [3.05, 3.63) is 71.8 Å². The van der Waals surface area contributed by atoms with Crippen LogP contribution in [0.1, 0.15) is 18.1 Å². The van der Waals surface area contributed by atoms with Crippen LogP contribution in [0, 0.1) is 0 Å². The lowest BCUT2D eigenvalue weighted by Crippen LogP contribution is -2.56. The minimum atomic E-state index is -1.06. The van der Waals surface area contributed by atoms with E-state index in [2.05, 4.69) is 10.6 Å². The quantitative estimate of drug-likeness (QED) is 0.560. The van der Waals surface area contributed by atoms with Crippen LogP contribution in [0.3, 0.4) is 0 Å². The maximum atomic E-state index is 12.3. The lowest BCUT2D eigenvalue weighted by molar-refractivity contribution is -0.132. The van der Waals surface area contributed by atoms with E-state index in [0.717, 1.165) is 11.1 Å². The van der Waals surface area contributed by atoms with E-state index in [9.17, 15) is 14.7 Å². The smallest absolute Gasteiger partial charge is 0.245 e. The number of benzene rings is 2. The van der Waals surface area contributed by atoms with Gasteiger partial charge in [0.15, 0.2) is 0 Å². The van der Waals surface area contributed by atoms with Crippen molar-refractivity contribution in [1.29, 1.82) is 0 Å². The molecule has 2 rings (SSSR count). The summed E-state index contributed by atoms with van der Waals surface area (Å²) in [7, 11) is 0. The molecule has 26 heavy (non-hydrogen) atoms. The van der Waals surface area contributed by atoms with Crippen LogP contribution in [0.4, 0.5) is 0 Å². The van der Waals surface area contributed by atoms with Crippen LogP contribution in [0.5, 0.6) is 0 Å². The molecule has 138 valence electrons. The molecular weight excluding hydrogens is 330 g/mol. The largest absolute Gasteiger partial charge is 0.391 e. The van der Waals surface area contributed by atoms with E-state index in [0.29, 0.717) is 13.0 Å². The normalized spacial score (nSPS) is 14.1. The molecule has 0 spiro atoms. The molecule has 6 heteroatoms. The number of nitrogens with one attached hydrogen (secondary N) is 2. The van der Waals surface area contributed by atoms with Gasteiger partial charge in [-0.1, -0.05) is 60.7 Å². The highest BCUT2D eigenvalue weighted by molar-refractivity contribution is 5.90. The molecule has 0 aliphatic heterocycles. The van der Waals surface area contributed by atoms with Gasteiger partial charge in [-0.15, -0.1) is 0 Å². The van der Waals surface area contributed by atoms with E-state index in [-0.39, 0.29) is 0 Å². The molecule has 5 N–H and O–H groups in total. The zero-order chi connectivity index (χ0) is 18.9. The number of rotatable bonds is 8. The molecule has 0 radical (unpaired) electrons. The van der Waals surface area contributed by atoms with Crippen LogP contribution in [0.25, 0.3) is 0 Å². The third kappa shape index (κ3) is 5.98. The van der Waals surface area contributed by atoms with Crippen LogP contribution in [-0.4, -0.2) is 35.1 Å². The summed E-state index contributed by atoms with van der Waals surface area (Å²) < 4.78 is 0. The van der Waals surface area contributed by atoms with Crippen molar-refractivity contribution in [2.45, 2.75) is 38.1 Å². The average Bonchev–Trinajstić information content (AvgIpc) is 2.65. The van der Waals surface area contributed by atoms with Crippen molar-refractivity contribution in [2.24, 2.45) is 5.73 Å². The fraction of sp³-hybridized carbons (Fsp3) is 0.300. The Morgan fingerprint density at radius 3 is 2.04 bits per heavy atom. The molecule has 2 amide bonds. The van der Waals surface area contributed by atoms with Gasteiger partial charge in [0.2, 0.25) is 11.8 Å². The van der Waals surface area contributed by atoms with E-state index < -0.39 is 30.0 Å². The predicted molar refractivity (Wildman–Crippen MR) is 100 cm³/mol. The SMILES string of the molecule is C[C@@H](O)[C@H](NC(=O)[C@@H](N)Cc1ccccc1)C(=O)NCc1ccccc1. The summed E-state index contributed by atoms with van der Waals surface area (Å²) in [5.41, 5.74) is 7.79. The van der Waals surface area contributed by atoms with Gasteiger partial charge in [-0.2, -0.15) is 0 Å². The minimum Gasteiger partial charge on any atom is -0.391 e. The van der Waals surface area contributed by atoms with Gasteiger partial charge in [0, 0.05) is 6.54 Å². The van der Waals surface area contributed by atoms with Crippen molar-refractivity contribution in [3.63, 3.8) is 0 Å². The van der Waals surface area contributed by atoms with Crippen molar-refractivity contribution in [2.75, 3.05) is 0 Å². The van der Waals surface area contributed by atoms with E-state index in [1.807, 2.05) is 60.7 Å². The van der Waals surface area contributed by atoms with Gasteiger partial charge in [-0.25, -0.2) is 0 Å². The Morgan fingerprint density at radius 2 is 1.50 bits per heavy atom. The topological polar surface area (TPSA) is 104 Å². The first-order chi connectivity index (χ1) is 12.5. The minimum absolute atomic E-state index is 0.314. The highest BCUT2D eigenvalue weighted by Gasteiger charge is 2.27. The molecule has 6 nitrogen and oxygen atoms in total. The first-order valence-electron chi connectivity index (χ1n) is 8.57. The molecule has 2 aromatic rings. The Labute approximate surface area is 153 Å². The van der Waals surface area contributed by atoms with Crippen LogP contribution >= 0.6 is 0 Å². The van der Waals surface area contributed by atoms with Gasteiger partial charge in [0.1, 0.15) is 6.04 Å². The monoisotopic (exact) mass is 355 g/mol. The van der Waals surface area contributed by atoms with E-state index >= 15 is 0 Å². The summed E-state index contributed by atoms with van der Waals surface area (Å²) in [6.07, 6.45) is -0.691. The van der Waals surface area contributed by atoms with Gasteiger partial charge in [0.05, 0.1) is 12.1 Å². The number of carbonyl (C=O) groups excluding carboxylic acids is 2. The first-order valence-corrected chi connectivity index (χ1v) is 8.57. The molecule has 0 unspecified atom stereocenters. The van der Waals surface area contributed by atoms with Crippen molar-refractivity contribution in [1.82, 2.24) is 10.6 Å². The van der Waals surface area contributed by atoms with E-state index in [1.165, 1.54) is 6.92 Å². The van der Waals surface area contributed by atoms with Gasteiger partial charge >= 0.3 is 0 Å². The standard InChI is InChI=1S/C20H25N3O3/c1-14(24)18(20(26)22-13-16-10-6-3-7-11-16)23-19(25)17(21)12-15-8-4-2-5-9-15/h2-11,14,17-18,24H,12-13,21H2,1H3,(H,22,26)(H,23,25)/t14-,17+,18+/m1/s1. The summed E-state index contributed by atoms with van der Waals surface area (Å²) in [4.78, 5) is 24.7. The fourth-order valence-corrected chi connectivity index (χ4v) is 2.52. The second kappa shape index (κ2) is 9.70. The summed E-state index contributed by atoms with van der Waals surface area (Å²) in [6, 6.07) is 16.9. The molecule has 2 aromatic carbocycles. The number of nitrogens with two attached hydrogens (primary N) is 1. The lowest BCUT2D eigenvalue weighted by atomic mass is 10.0. The van der Waals surface area contributed by atoms with Crippen LogP contribution in [-0.2, 0) is 22.6 Å². The second-order valence-electron chi connectivity index (χ2n) is 6.23. The number of aliphatic hydroxyl groups excluding tert-OH is 1. The lowest BCUT2D eigenvalue weighted by Gasteiger charge is -2.23. The third-order valence-corrected chi connectivity index (χ3v) is 4.01. The average molecular weight is 355 g/mol. The Morgan fingerprint density at radius 1 is 0.962 bits per heavy atom. The Kier molecular flexibility index (Phi) is 7.32. The van der Waals surface area contributed by atoms with Crippen molar-refractivity contribution < 1.29 is 14.7 Å². The molecule has 3 atom stereocenters. The van der Waals surface area contributed by atoms with Crippen LogP contribution in [0.15, 0.2) is 60.7 Å². The predicted octanol–water partition coefficient (Wildman–Crippen LogP) is 0.738. The number of amides is 2. The molecular formula is C20H25N3O3. The first kappa shape index (κ1) is 19.6. The Balaban J connectivity index is 1.91. The number of aliphatic hydroxyl groups is 1. The summed E-state index contributed by atoms with van der Waals surface area (Å²) >= 11 is 0. The van der Waals surface area contributed by atoms with Crippen LogP contribution in [0.2, 0.25) is 0 Å². The molecule has 0 saturated carbocycles. The Hall–Kier alpha value is -2.70. The van der Waals surface area contributed by atoms with Gasteiger partial charge in [-0.3, -0.25) is 9.59 Å². The second-order valence-corrected chi connectivity index (χ2v) is 6.23. The molecule has 0 heterocycles. The third-order valence-electron chi connectivity index (χ3n) is 4.01. The Bertz CT molecular complexity index is 705. The molecule has 0 aromatic heterocycles. The summed E-state index contributed by atoms with van der Waals surface area (Å²) in [5, 5.41) is 15.2. The van der Waals surface area contributed by atoms with Gasteiger partial charge in [0.25, 0.3) is 0 Å². The van der Waals surface area contributed by atoms with Crippen LogP contribution < -0.4 is 16.4 Å².